The van der Waals surface area contributed by atoms with Crippen LogP contribution in [0.4, 0.5) is 15.8 Å². The number of anilines is 2. The fourth-order valence-electron chi connectivity index (χ4n) is 3.73. The summed E-state index contributed by atoms with van der Waals surface area (Å²) in [6, 6.07) is 12.2. The van der Waals surface area contributed by atoms with Crippen molar-refractivity contribution in [3.05, 3.63) is 59.4 Å². The van der Waals surface area contributed by atoms with Gasteiger partial charge in [-0.15, -0.1) is 0 Å². The second kappa shape index (κ2) is 8.36. The highest BCUT2D eigenvalue weighted by Crippen LogP contribution is 2.19. The molecule has 2 unspecified atom stereocenters. The van der Waals surface area contributed by atoms with Crippen molar-refractivity contribution in [1.29, 1.82) is 0 Å². The third kappa shape index (κ3) is 4.34. The fourth-order valence-corrected chi connectivity index (χ4v) is 3.73. The standard InChI is InChI=1S/C21H27FN6O/c1-14-3-6-17(13-15(14)2)23-20-19(24-26-25-20)21(29)28-11-9-27(10-12-28)18-7-4-16(22)5-8-18/h3-8,13,19-20,23-26H,9-12H2,1-2H3. The van der Waals surface area contributed by atoms with E-state index in [0.29, 0.717) is 13.1 Å². The summed E-state index contributed by atoms with van der Waals surface area (Å²) < 4.78 is 13.1. The lowest BCUT2D eigenvalue weighted by molar-refractivity contribution is -0.133. The first kappa shape index (κ1) is 19.6. The molecule has 1 amide bonds. The molecule has 2 aromatic carbocycles. The predicted octanol–water partition coefficient (Wildman–Crippen LogP) is 1.51. The number of nitrogens with one attached hydrogen (secondary N) is 4. The summed E-state index contributed by atoms with van der Waals surface area (Å²) in [5.74, 6) is -0.195. The molecule has 0 bridgehead atoms. The highest BCUT2D eigenvalue weighted by Gasteiger charge is 2.36. The lowest BCUT2D eigenvalue weighted by atomic mass is 10.1. The fraction of sp³-hybridized carbons (Fsp3) is 0.381. The normalized spacial score (nSPS) is 22.0. The number of hydrogen-bond donors (Lipinski definition) is 4. The second-order valence-corrected chi connectivity index (χ2v) is 7.60. The highest BCUT2D eigenvalue weighted by atomic mass is 19.1. The van der Waals surface area contributed by atoms with E-state index >= 15 is 0 Å². The van der Waals surface area contributed by atoms with Gasteiger partial charge in [-0.2, -0.15) is 5.53 Å². The second-order valence-electron chi connectivity index (χ2n) is 7.60. The van der Waals surface area contributed by atoms with E-state index in [1.807, 2.05) is 11.0 Å². The molecule has 7 nitrogen and oxygen atoms in total. The van der Waals surface area contributed by atoms with Crippen LogP contribution < -0.4 is 26.6 Å². The summed E-state index contributed by atoms with van der Waals surface area (Å²) >= 11 is 0. The predicted molar refractivity (Wildman–Crippen MR) is 112 cm³/mol. The van der Waals surface area contributed by atoms with E-state index in [1.54, 1.807) is 12.1 Å². The summed E-state index contributed by atoms with van der Waals surface area (Å²) in [6.07, 6.45) is -0.264. The van der Waals surface area contributed by atoms with Crippen molar-refractivity contribution >= 4 is 17.3 Å². The third-order valence-electron chi connectivity index (χ3n) is 5.67. The summed E-state index contributed by atoms with van der Waals surface area (Å²) in [5, 5.41) is 3.39. The molecule has 2 fully saturated rings. The zero-order valence-corrected chi connectivity index (χ0v) is 16.7. The van der Waals surface area contributed by atoms with Crippen molar-refractivity contribution in [2.24, 2.45) is 0 Å². The first-order chi connectivity index (χ1) is 14.0. The third-order valence-corrected chi connectivity index (χ3v) is 5.67. The van der Waals surface area contributed by atoms with E-state index in [1.165, 1.54) is 23.3 Å². The van der Waals surface area contributed by atoms with Gasteiger partial charge in [0.1, 0.15) is 18.0 Å². The van der Waals surface area contributed by atoms with Gasteiger partial charge in [-0.25, -0.2) is 15.2 Å². The quantitative estimate of drug-likeness (QED) is 0.626. The highest BCUT2D eigenvalue weighted by molar-refractivity contribution is 5.83. The van der Waals surface area contributed by atoms with E-state index in [2.05, 4.69) is 52.6 Å². The average molecular weight is 398 g/mol. The Labute approximate surface area is 170 Å². The molecule has 2 saturated heterocycles. The number of amides is 1. The summed E-state index contributed by atoms with van der Waals surface area (Å²) in [5.41, 5.74) is 13.4. The molecule has 29 heavy (non-hydrogen) atoms. The molecule has 154 valence electrons. The van der Waals surface area contributed by atoms with Crippen LogP contribution in [-0.2, 0) is 4.79 Å². The molecular formula is C21H27FN6O. The number of carbonyl (C=O) groups excluding carboxylic acids is 1. The summed E-state index contributed by atoms with van der Waals surface area (Å²) in [4.78, 5) is 17.1. The minimum atomic E-state index is -0.422. The number of halogens is 1. The van der Waals surface area contributed by atoms with Crippen molar-refractivity contribution in [3.8, 4) is 0 Å². The van der Waals surface area contributed by atoms with Gasteiger partial charge in [-0.05, 0) is 61.4 Å². The van der Waals surface area contributed by atoms with Gasteiger partial charge in [0.05, 0.1) is 0 Å². The van der Waals surface area contributed by atoms with E-state index in [4.69, 9.17) is 0 Å². The van der Waals surface area contributed by atoms with Crippen LogP contribution >= 0.6 is 0 Å². The molecule has 2 atom stereocenters. The molecule has 4 N–H and O–H groups in total. The van der Waals surface area contributed by atoms with Gasteiger partial charge in [0.2, 0.25) is 5.91 Å². The van der Waals surface area contributed by atoms with Gasteiger partial charge < -0.3 is 15.1 Å². The van der Waals surface area contributed by atoms with Gasteiger partial charge in [0.15, 0.2) is 0 Å². The first-order valence-corrected chi connectivity index (χ1v) is 9.90. The zero-order chi connectivity index (χ0) is 20.4. The van der Waals surface area contributed by atoms with Gasteiger partial charge in [-0.3, -0.25) is 4.79 Å². The number of carbonyl (C=O) groups is 1. The van der Waals surface area contributed by atoms with Gasteiger partial charge in [0, 0.05) is 37.6 Å². The number of hydrazine groups is 2. The van der Waals surface area contributed by atoms with Crippen LogP contribution in [0.25, 0.3) is 0 Å². The number of nitrogens with zero attached hydrogens (tertiary/aromatic N) is 2. The van der Waals surface area contributed by atoms with E-state index in [9.17, 15) is 9.18 Å². The van der Waals surface area contributed by atoms with Crippen molar-refractivity contribution in [3.63, 3.8) is 0 Å². The van der Waals surface area contributed by atoms with E-state index < -0.39 is 6.04 Å². The van der Waals surface area contributed by atoms with Crippen LogP contribution in [0.1, 0.15) is 11.1 Å². The summed E-state index contributed by atoms with van der Waals surface area (Å²) in [7, 11) is 0. The molecule has 0 spiro atoms. The minimum absolute atomic E-state index is 0.0441. The molecule has 0 aromatic heterocycles. The maximum absolute atomic E-state index is 13.1. The lowest BCUT2D eigenvalue weighted by Crippen LogP contribution is -2.57. The number of aryl methyl sites for hydroxylation is 2. The Morgan fingerprint density at radius 2 is 1.72 bits per heavy atom. The Morgan fingerprint density at radius 1 is 1.00 bits per heavy atom. The Balaban J connectivity index is 1.36. The van der Waals surface area contributed by atoms with Gasteiger partial charge in [0.25, 0.3) is 0 Å². The molecule has 2 aliphatic rings. The van der Waals surface area contributed by atoms with Gasteiger partial charge in [-0.1, -0.05) is 6.07 Å². The molecule has 4 rings (SSSR count). The molecule has 2 aliphatic heterocycles. The molecule has 0 radical (unpaired) electrons. The average Bonchev–Trinajstić information content (AvgIpc) is 3.19. The zero-order valence-electron chi connectivity index (χ0n) is 16.7. The SMILES string of the molecule is Cc1ccc(NC2NNNC2C(=O)N2CCN(c3ccc(F)cc3)CC2)cc1C. The first-order valence-electron chi connectivity index (χ1n) is 9.90. The maximum atomic E-state index is 13.1. The Bertz CT molecular complexity index is 866. The van der Waals surface area contributed by atoms with Crippen LogP contribution in [0, 0.1) is 19.7 Å². The van der Waals surface area contributed by atoms with Crippen molar-refractivity contribution < 1.29 is 9.18 Å². The monoisotopic (exact) mass is 398 g/mol. The van der Waals surface area contributed by atoms with Gasteiger partial charge >= 0.3 is 0 Å². The number of benzene rings is 2. The maximum Gasteiger partial charge on any atom is 0.244 e. The molecule has 0 saturated carbocycles. The molecule has 2 aromatic rings. The van der Waals surface area contributed by atoms with E-state index in [-0.39, 0.29) is 17.9 Å². The van der Waals surface area contributed by atoms with Crippen LogP contribution in [-0.4, -0.2) is 49.2 Å². The van der Waals surface area contributed by atoms with E-state index in [0.717, 1.165) is 24.5 Å². The summed E-state index contributed by atoms with van der Waals surface area (Å²) in [6.45, 7) is 6.85. The number of rotatable bonds is 4. The largest absolute Gasteiger partial charge is 0.368 e. The number of piperazine rings is 1. The molecule has 2 heterocycles. The van der Waals surface area contributed by atoms with Crippen molar-refractivity contribution in [2.45, 2.75) is 26.1 Å². The van der Waals surface area contributed by atoms with Crippen LogP contribution in [0.15, 0.2) is 42.5 Å². The minimum Gasteiger partial charge on any atom is -0.368 e. The lowest BCUT2D eigenvalue weighted by Gasteiger charge is -2.37. The Hall–Kier alpha value is -2.68. The molecule has 0 aliphatic carbocycles. The van der Waals surface area contributed by atoms with Crippen molar-refractivity contribution in [1.82, 2.24) is 21.3 Å². The Kier molecular flexibility index (Phi) is 5.66. The topological polar surface area (TPSA) is 71.7 Å². The number of hydrogen-bond acceptors (Lipinski definition) is 6. The molecule has 8 heteroatoms. The van der Waals surface area contributed by atoms with Crippen LogP contribution in [0.5, 0.6) is 0 Å². The van der Waals surface area contributed by atoms with Crippen LogP contribution in [0.2, 0.25) is 0 Å². The Morgan fingerprint density at radius 3 is 2.41 bits per heavy atom. The smallest absolute Gasteiger partial charge is 0.244 e. The molecular weight excluding hydrogens is 371 g/mol. The van der Waals surface area contributed by atoms with Crippen LogP contribution in [0.3, 0.4) is 0 Å². The van der Waals surface area contributed by atoms with Crippen molar-refractivity contribution in [2.75, 3.05) is 36.4 Å².